The molecule has 0 aromatic carbocycles. The molecule has 3 nitrogen and oxygen atoms in total. The highest BCUT2D eigenvalue weighted by atomic mass is 16.1. The molecule has 0 saturated carbocycles. The molecule has 0 amide bonds. The Balaban J connectivity index is 3.17. The Bertz CT molecular complexity index is 481. The van der Waals surface area contributed by atoms with Crippen molar-refractivity contribution >= 4 is 0 Å². The lowest BCUT2D eigenvalue weighted by molar-refractivity contribution is 0.483. The molecule has 0 spiro atoms. The molecule has 0 radical (unpaired) electrons. The van der Waals surface area contributed by atoms with E-state index in [1.54, 1.807) is 0 Å². The minimum atomic E-state index is -0.00307. The van der Waals surface area contributed by atoms with E-state index in [0.29, 0.717) is 12.6 Å². The van der Waals surface area contributed by atoms with Crippen LogP contribution in [0, 0.1) is 0 Å². The van der Waals surface area contributed by atoms with Gasteiger partial charge in [0.25, 0.3) is 5.56 Å². The smallest absolute Gasteiger partial charge is 0.255 e. The van der Waals surface area contributed by atoms with Gasteiger partial charge >= 0.3 is 0 Å². The molecule has 1 aromatic rings. The van der Waals surface area contributed by atoms with E-state index in [0.717, 1.165) is 30.6 Å². The van der Waals surface area contributed by atoms with Crippen molar-refractivity contribution in [1.82, 2.24) is 9.88 Å². The SMILES string of the molecule is CCCCn1c(C(C)(C)C)ccc(CNC(C)C)c1=O. The minimum absolute atomic E-state index is 0.00307. The molecule has 1 aromatic heterocycles. The summed E-state index contributed by atoms with van der Waals surface area (Å²) in [6, 6.07) is 4.50. The van der Waals surface area contributed by atoms with Gasteiger partial charge in [-0.05, 0) is 12.5 Å². The van der Waals surface area contributed by atoms with E-state index in [2.05, 4.69) is 52.9 Å². The van der Waals surface area contributed by atoms with Gasteiger partial charge in [-0.25, -0.2) is 0 Å². The van der Waals surface area contributed by atoms with Crippen LogP contribution in [0.4, 0.5) is 0 Å². The van der Waals surface area contributed by atoms with Crippen molar-refractivity contribution < 1.29 is 0 Å². The highest BCUT2D eigenvalue weighted by Crippen LogP contribution is 2.21. The number of nitrogens with zero attached hydrogens (tertiary/aromatic N) is 1. The van der Waals surface area contributed by atoms with Crippen LogP contribution >= 0.6 is 0 Å². The fraction of sp³-hybridized carbons (Fsp3) is 0.706. The number of aromatic nitrogens is 1. The Morgan fingerprint density at radius 2 is 1.90 bits per heavy atom. The first-order chi connectivity index (χ1) is 9.27. The first-order valence-corrected chi connectivity index (χ1v) is 7.74. The third-order valence-electron chi connectivity index (χ3n) is 3.46. The van der Waals surface area contributed by atoms with Crippen LogP contribution in [-0.4, -0.2) is 10.6 Å². The predicted molar refractivity (Wildman–Crippen MR) is 86.3 cm³/mol. The summed E-state index contributed by atoms with van der Waals surface area (Å²) in [5.74, 6) is 0. The molecular weight excluding hydrogens is 248 g/mol. The fourth-order valence-corrected chi connectivity index (χ4v) is 2.27. The number of pyridine rings is 1. The second-order valence-electron chi connectivity index (χ2n) is 6.84. The van der Waals surface area contributed by atoms with E-state index in [-0.39, 0.29) is 11.0 Å². The summed E-state index contributed by atoms with van der Waals surface area (Å²) in [5.41, 5.74) is 2.16. The lowest BCUT2D eigenvalue weighted by Gasteiger charge is -2.25. The van der Waals surface area contributed by atoms with Gasteiger partial charge in [-0.1, -0.05) is 54.0 Å². The molecule has 0 bridgehead atoms. The summed E-state index contributed by atoms with van der Waals surface area (Å²) >= 11 is 0. The van der Waals surface area contributed by atoms with Crippen LogP contribution in [0.3, 0.4) is 0 Å². The van der Waals surface area contributed by atoms with Gasteiger partial charge in [0.1, 0.15) is 0 Å². The number of hydrogen-bond acceptors (Lipinski definition) is 2. The second-order valence-corrected chi connectivity index (χ2v) is 6.84. The minimum Gasteiger partial charge on any atom is -0.312 e. The van der Waals surface area contributed by atoms with Crippen LogP contribution in [0.1, 0.15) is 65.6 Å². The third kappa shape index (κ3) is 4.48. The van der Waals surface area contributed by atoms with Gasteiger partial charge in [-0.15, -0.1) is 0 Å². The average molecular weight is 278 g/mol. The van der Waals surface area contributed by atoms with E-state index in [9.17, 15) is 4.79 Å². The molecule has 1 heterocycles. The van der Waals surface area contributed by atoms with Crippen LogP contribution in [0.2, 0.25) is 0 Å². The quantitative estimate of drug-likeness (QED) is 0.865. The van der Waals surface area contributed by atoms with Crippen LogP contribution in [0.15, 0.2) is 16.9 Å². The lowest BCUT2D eigenvalue weighted by atomic mass is 9.90. The Morgan fingerprint density at radius 3 is 2.40 bits per heavy atom. The summed E-state index contributed by atoms with van der Waals surface area (Å²) < 4.78 is 1.97. The van der Waals surface area contributed by atoms with E-state index in [1.807, 2.05) is 10.6 Å². The molecule has 1 rings (SSSR count). The van der Waals surface area contributed by atoms with E-state index in [4.69, 9.17) is 0 Å². The number of unbranched alkanes of at least 4 members (excludes halogenated alkanes) is 1. The summed E-state index contributed by atoms with van der Waals surface area (Å²) in [4.78, 5) is 12.7. The maximum absolute atomic E-state index is 12.7. The molecule has 0 aliphatic rings. The maximum Gasteiger partial charge on any atom is 0.255 e. The summed E-state index contributed by atoms with van der Waals surface area (Å²) in [6.45, 7) is 14.3. The normalized spacial score (nSPS) is 12.2. The zero-order chi connectivity index (χ0) is 15.3. The van der Waals surface area contributed by atoms with Crippen molar-refractivity contribution in [2.24, 2.45) is 0 Å². The molecule has 3 heteroatoms. The van der Waals surface area contributed by atoms with Crippen molar-refractivity contribution in [3.05, 3.63) is 33.7 Å². The molecule has 20 heavy (non-hydrogen) atoms. The Morgan fingerprint density at radius 1 is 1.25 bits per heavy atom. The number of hydrogen-bond donors (Lipinski definition) is 1. The molecule has 0 fully saturated rings. The second kappa shape index (κ2) is 7.07. The van der Waals surface area contributed by atoms with Crippen LogP contribution < -0.4 is 10.9 Å². The topological polar surface area (TPSA) is 34.0 Å². The van der Waals surface area contributed by atoms with Crippen LogP contribution in [0.5, 0.6) is 0 Å². The lowest BCUT2D eigenvalue weighted by Crippen LogP contribution is -2.34. The van der Waals surface area contributed by atoms with E-state index < -0.39 is 0 Å². The molecular formula is C17H30N2O. The van der Waals surface area contributed by atoms with E-state index >= 15 is 0 Å². The van der Waals surface area contributed by atoms with Crippen LogP contribution in [-0.2, 0) is 18.5 Å². The number of rotatable bonds is 6. The molecule has 0 aliphatic heterocycles. The Hall–Kier alpha value is -1.09. The first-order valence-electron chi connectivity index (χ1n) is 7.74. The summed E-state index contributed by atoms with van der Waals surface area (Å²) in [7, 11) is 0. The molecule has 1 N–H and O–H groups in total. The van der Waals surface area contributed by atoms with Crippen molar-refractivity contribution in [3.63, 3.8) is 0 Å². The van der Waals surface area contributed by atoms with Gasteiger partial charge in [-0.2, -0.15) is 0 Å². The maximum atomic E-state index is 12.7. The van der Waals surface area contributed by atoms with Gasteiger partial charge in [0, 0.05) is 35.8 Å². The van der Waals surface area contributed by atoms with Gasteiger partial charge in [-0.3, -0.25) is 4.79 Å². The van der Waals surface area contributed by atoms with Gasteiger partial charge in [0.05, 0.1) is 0 Å². The standard InChI is InChI=1S/C17H30N2O/c1-7-8-11-19-15(17(4,5)6)10-9-14(16(19)20)12-18-13(2)3/h9-10,13,18H,7-8,11-12H2,1-6H3. The molecule has 0 saturated heterocycles. The van der Waals surface area contributed by atoms with Gasteiger partial charge < -0.3 is 9.88 Å². The first kappa shape index (κ1) is 17.0. The highest BCUT2D eigenvalue weighted by molar-refractivity contribution is 5.21. The summed E-state index contributed by atoms with van der Waals surface area (Å²) in [5, 5.41) is 3.33. The highest BCUT2D eigenvalue weighted by Gasteiger charge is 2.19. The molecule has 0 atom stereocenters. The monoisotopic (exact) mass is 278 g/mol. The largest absolute Gasteiger partial charge is 0.312 e. The molecule has 0 unspecified atom stereocenters. The van der Waals surface area contributed by atoms with Gasteiger partial charge in [0.2, 0.25) is 0 Å². The van der Waals surface area contributed by atoms with Crippen molar-refractivity contribution in [3.8, 4) is 0 Å². The van der Waals surface area contributed by atoms with Crippen LogP contribution in [0.25, 0.3) is 0 Å². The van der Waals surface area contributed by atoms with Crippen molar-refractivity contribution in [2.75, 3.05) is 0 Å². The van der Waals surface area contributed by atoms with Crippen molar-refractivity contribution in [1.29, 1.82) is 0 Å². The average Bonchev–Trinajstić information content (AvgIpc) is 2.34. The van der Waals surface area contributed by atoms with Crippen molar-refractivity contribution in [2.45, 2.75) is 78.9 Å². The van der Waals surface area contributed by atoms with E-state index in [1.165, 1.54) is 0 Å². The Kier molecular flexibility index (Phi) is 6.00. The van der Waals surface area contributed by atoms with Gasteiger partial charge in [0.15, 0.2) is 0 Å². The predicted octanol–water partition coefficient (Wildman–Crippen LogP) is 3.44. The Labute approximate surface area is 123 Å². The summed E-state index contributed by atoms with van der Waals surface area (Å²) in [6.07, 6.45) is 2.15. The molecule has 0 aliphatic carbocycles. The third-order valence-corrected chi connectivity index (χ3v) is 3.46. The zero-order valence-corrected chi connectivity index (χ0v) is 13.9. The number of nitrogens with one attached hydrogen (secondary N) is 1. The zero-order valence-electron chi connectivity index (χ0n) is 13.9. The fourth-order valence-electron chi connectivity index (χ4n) is 2.27. The molecule has 114 valence electrons.